The molecule has 2 atom stereocenters. The first kappa shape index (κ1) is 15.5. The van der Waals surface area contributed by atoms with E-state index in [1.54, 1.807) is 0 Å². The summed E-state index contributed by atoms with van der Waals surface area (Å²) in [6.45, 7) is 5.85. The first-order chi connectivity index (χ1) is 9.93. The van der Waals surface area contributed by atoms with Gasteiger partial charge in [0.1, 0.15) is 6.61 Å². The lowest BCUT2D eigenvalue weighted by Crippen LogP contribution is -2.56. The van der Waals surface area contributed by atoms with Gasteiger partial charge in [-0.3, -0.25) is 9.59 Å². The van der Waals surface area contributed by atoms with Crippen LogP contribution < -0.4 is 10.6 Å². The zero-order chi connectivity index (χ0) is 15.5. The van der Waals surface area contributed by atoms with Crippen LogP contribution in [0.1, 0.15) is 38.8 Å². The Morgan fingerprint density at radius 2 is 2.05 bits per heavy atom. The van der Waals surface area contributed by atoms with Gasteiger partial charge in [-0.2, -0.15) is 0 Å². The second-order valence-electron chi connectivity index (χ2n) is 5.91. The van der Waals surface area contributed by atoms with E-state index in [1.807, 2.05) is 51.1 Å². The fourth-order valence-electron chi connectivity index (χ4n) is 2.19. The van der Waals surface area contributed by atoms with Crippen LogP contribution >= 0.6 is 0 Å². The lowest BCUT2D eigenvalue weighted by Gasteiger charge is -2.34. The molecule has 1 fully saturated rings. The Bertz CT molecular complexity index is 514. The Hall–Kier alpha value is -1.88. The number of amides is 2. The lowest BCUT2D eigenvalue weighted by atomic mass is 9.97. The molecule has 0 unspecified atom stereocenters. The molecule has 21 heavy (non-hydrogen) atoms. The van der Waals surface area contributed by atoms with E-state index < -0.39 is 12.1 Å². The molecule has 0 aromatic heterocycles. The van der Waals surface area contributed by atoms with Crippen molar-refractivity contribution in [3.63, 3.8) is 0 Å². The lowest BCUT2D eigenvalue weighted by molar-refractivity contribution is -0.149. The molecule has 1 heterocycles. The highest BCUT2D eigenvalue weighted by atomic mass is 16.5. The molecule has 1 saturated heterocycles. The number of hydrogen-bond acceptors (Lipinski definition) is 3. The third kappa shape index (κ3) is 3.82. The van der Waals surface area contributed by atoms with Crippen LogP contribution in [-0.4, -0.2) is 30.1 Å². The number of morpholine rings is 1. The van der Waals surface area contributed by atoms with Crippen LogP contribution in [0.25, 0.3) is 0 Å². The topological polar surface area (TPSA) is 67.4 Å². The molecule has 2 amide bonds. The Balaban J connectivity index is 2.19. The first-order valence-corrected chi connectivity index (χ1v) is 7.21. The smallest absolute Gasteiger partial charge is 0.252 e. The molecule has 0 aliphatic carbocycles. The molecule has 0 radical (unpaired) electrons. The summed E-state index contributed by atoms with van der Waals surface area (Å²) in [4.78, 5) is 24.1. The number of carbonyl (C=O) groups is 2. The van der Waals surface area contributed by atoms with E-state index in [9.17, 15) is 9.59 Å². The third-order valence-electron chi connectivity index (χ3n) is 3.78. The number of hydrogen-bond donors (Lipinski definition) is 2. The summed E-state index contributed by atoms with van der Waals surface area (Å²) in [5.41, 5.74) is 0.559. The molecule has 0 bridgehead atoms. The van der Waals surface area contributed by atoms with Crippen molar-refractivity contribution in [3.8, 4) is 0 Å². The van der Waals surface area contributed by atoms with Crippen molar-refractivity contribution in [2.45, 2.75) is 44.9 Å². The molecule has 2 rings (SSSR count). The van der Waals surface area contributed by atoms with Gasteiger partial charge in [-0.05, 0) is 25.8 Å². The highest BCUT2D eigenvalue weighted by Crippen LogP contribution is 2.23. The first-order valence-electron chi connectivity index (χ1n) is 7.21. The van der Waals surface area contributed by atoms with E-state index in [4.69, 9.17) is 4.74 Å². The zero-order valence-corrected chi connectivity index (χ0v) is 12.7. The van der Waals surface area contributed by atoms with Gasteiger partial charge < -0.3 is 15.4 Å². The molecule has 1 aromatic rings. The maximum absolute atomic E-state index is 12.5. The molecule has 0 saturated carbocycles. The molecular weight excluding hydrogens is 268 g/mol. The molecular formula is C16H22N2O3. The van der Waals surface area contributed by atoms with Crippen LogP contribution in [-0.2, 0) is 14.3 Å². The summed E-state index contributed by atoms with van der Waals surface area (Å²) < 4.78 is 5.49. The quantitative estimate of drug-likeness (QED) is 0.884. The maximum atomic E-state index is 12.5. The van der Waals surface area contributed by atoms with Gasteiger partial charge >= 0.3 is 0 Å². The Labute approximate surface area is 125 Å². The molecule has 2 N–H and O–H groups in total. The predicted molar refractivity (Wildman–Crippen MR) is 79.6 cm³/mol. The van der Waals surface area contributed by atoms with Crippen molar-refractivity contribution >= 4 is 11.8 Å². The van der Waals surface area contributed by atoms with Crippen LogP contribution in [0.3, 0.4) is 0 Å². The van der Waals surface area contributed by atoms with E-state index in [-0.39, 0.29) is 24.0 Å². The summed E-state index contributed by atoms with van der Waals surface area (Å²) >= 11 is 0. The van der Waals surface area contributed by atoms with Crippen LogP contribution in [0.2, 0.25) is 0 Å². The SMILES string of the molecule is CCC(C)(C)NC(=O)[C@H]1OCC(=O)N[C@@H]1c1ccccc1. The minimum Gasteiger partial charge on any atom is -0.356 e. The van der Waals surface area contributed by atoms with Gasteiger partial charge in [-0.25, -0.2) is 0 Å². The highest BCUT2D eigenvalue weighted by Gasteiger charge is 2.37. The van der Waals surface area contributed by atoms with Gasteiger partial charge in [0.2, 0.25) is 5.91 Å². The Kier molecular flexibility index (Phi) is 4.63. The monoisotopic (exact) mass is 290 g/mol. The van der Waals surface area contributed by atoms with Crippen LogP contribution in [0.5, 0.6) is 0 Å². The number of benzene rings is 1. The zero-order valence-electron chi connectivity index (χ0n) is 12.7. The fourth-order valence-corrected chi connectivity index (χ4v) is 2.19. The van der Waals surface area contributed by atoms with Gasteiger partial charge in [0.25, 0.3) is 5.91 Å². The van der Waals surface area contributed by atoms with E-state index in [2.05, 4.69) is 10.6 Å². The fraction of sp³-hybridized carbons (Fsp3) is 0.500. The van der Waals surface area contributed by atoms with Gasteiger partial charge in [-0.15, -0.1) is 0 Å². The van der Waals surface area contributed by atoms with Crippen molar-refractivity contribution in [2.75, 3.05) is 6.61 Å². The van der Waals surface area contributed by atoms with E-state index in [0.29, 0.717) is 0 Å². The number of rotatable bonds is 4. The third-order valence-corrected chi connectivity index (χ3v) is 3.78. The van der Waals surface area contributed by atoms with Crippen molar-refractivity contribution < 1.29 is 14.3 Å². The Morgan fingerprint density at radius 1 is 1.38 bits per heavy atom. The number of nitrogens with one attached hydrogen (secondary N) is 2. The van der Waals surface area contributed by atoms with Gasteiger partial charge in [0.15, 0.2) is 6.10 Å². The van der Waals surface area contributed by atoms with Crippen molar-refractivity contribution in [2.24, 2.45) is 0 Å². The molecule has 0 spiro atoms. The summed E-state index contributed by atoms with van der Waals surface area (Å²) in [6.07, 6.45) is 0.101. The van der Waals surface area contributed by atoms with Crippen molar-refractivity contribution in [1.82, 2.24) is 10.6 Å². The molecule has 5 nitrogen and oxygen atoms in total. The summed E-state index contributed by atoms with van der Waals surface area (Å²) in [7, 11) is 0. The van der Waals surface area contributed by atoms with Crippen LogP contribution in [0.15, 0.2) is 30.3 Å². The average molecular weight is 290 g/mol. The Morgan fingerprint density at radius 3 is 2.67 bits per heavy atom. The summed E-state index contributed by atoms with van der Waals surface area (Å²) in [6, 6.07) is 8.95. The van der Waals surface area contributed by atoms with Crippen molar-refractivity contribution in [1.29, 1.82) is 0 Å². The summed E-state index contributed by atoms with van der Waals surface area (Å²) in [5.74, 6) is -0.404. The number of ether oxygens (including phenoxy) is 1. The second kappa shape index (κ2) is 6.26. The standard InChI is InChI=1S/C16H22N2O3/c1-4-16(2,3)18-15(20)14-13(17-12(19)10-21-14)11-8-6-5-7-9-11/h5-9,13-14H,4,10H2,1-3H3,(H,17,19)(H,18,20)/t13-,14+/m1/s1. The van der Waals surface area contributed by atoms with Crippen molar-refractivity contribution in [3.05, 3.63) is 35.9 Å². The predicted octanol–water partition coefficient (Wildman–Crippen LogP) is 1.55. The van der Waals surface area contributed by atoms with E-state index in [0.717, 1.165) is 12.0 Å². The molecule has 1 aromatic carbocycles. The highest BCUT2D eigenvalue weighted by molar-refractivity contribution is 5.86. The summed E-state index contributed by atoms with van der Waals surface area (Å²) in [5, 5.41) is 5.82. The minimum absolute atomic E-state index is 0.0893. The average Bonchev–Trinajstić information content (AvgIpc) is 2.47. The van der Waals surface area contributed by atoms with Crippen LogP contribution in [0, 0.1) is 0 Å². The van der Waals surface area contributed by atoms with Gasteiger partial charge in [0.05, 0.1) is 6.04 Å². The molecule has 1 aliphatic rings. The maximum Gasteiger partial charge on any atom is 0.252 e. The van der Waals surface area contributed by atoms with E-state index >= 15 is 0 Å². The van der Waals surface area contributed by atoms with Crippen LogP contribution in [0.4, 0.5) is 0 Å². The molecule has 114 valence electrons. The van der Waals surface area contributed by atoms with E-state index in [1.165, 1.54) is 0 Å². The van der Waals surface area contributed by atoms with Gasteiger partial charge in [-0.1, -0.05) is 37.3 Å². The molecule has 5 heteroatoms. The molecule has 1 aliphatic heterocycles. The number of carbonyl (C=O) groups excluding carboxylic acids is 2. The second-order valence-corrected chi connectivity index (χ2v) is 5.91. The van der Waals surface area contributed by atoms with Gasteiger partial charge in [0, 0.05) is 5.54 Å². The minimum atomic E-state index is -0.712. The largest absolute Gasteiger partial charge is 0.356 e. The normalized spacial score (nSPS) is 22.5.